The molecule has 0 aliphatic heterocycles. The molecule has 0 saturated carbocycles. The van der Waals surface area contributed by atoms with Crippen molar-refractivity contribution in [2.45, 2.75) is 26.1 Å². The van der Waals surface area contributed by atoms with Crippen LogP contribution >= 0.6 is 0 Å². The maximum atomic E-state index is 10.7. The van der Waals surface area contributed by atoms with Gasteiger partial charge < -0.3 is 9.88 Å². The summed E-state index contributed by atoms with van der Waals surface area (Å²) in [6.45, 7) is 3.60. The van der Waals surface area contributed by atoms with Crippen LogP contribution in [0.1, 0.15) is 29.7 Å². The Bertz CT molecular complexity index is 812. The van der Waals surface area contributed by atoms with Crippen LogP contribution in [0.2, 0.25) is 0 Å². The number of hydrogen-bond acceptors (Lipinski definition) is 4. The molecular formula is C19H20N4O2. The van der Waals surface area contributed by atoms with E-state index in [4.69, 9.17) is 0 Å². The summed E-state index contributed by atoms with van der Waals surface area (Å²) in [6, 6.07) is 15.3. The number of hydrogen-bond donors (Lipinski definition) is 1. The number of non-ortho nitro benzene ring substituents is 1. The lowest BCUT2D eigenvalue weighted by Crippen LogP contribution is -2.18. The monoisotopic (exact) mass is 336 g/mol. The van der Waals surface area contributed by atoms with Crippen LogP contribution in [-0.4, -0.2) is 14.5 Å². The van der Waals surface area contributed by atoms with Gasteiger partial charge in [0.1, 0.15) is 0 Å². The predicted octanol–water partition coefficient (Wildman–Crippen LogP) is 3.69. The van der Waals surface area contributed by atoms with Crippen LogP contribution in [0.4, 0.5) is 5.69 Å². The molecule has 3 aromatic rings. The molecule has 0 unspecified atom stereocenters. The Labute approximate surface area is 146 Å². The number of benzene rings is 2. The normalized spacial score (nSPS) is 12.0. The molecule has 0 radical (unpaired) electrons. The van der Waals surface area contributed by atoms with Gasteiger partial charge in [-0.3, -0.25) is 10.1 Å². The van der Waals surface area contributed by atoms with E-state index in [1.165, 1.54) is 11.1 Å². The van der Waals surface area contributed by atoms with Gasteiger partial charge in [-0.25, -0.2) is 4.98 Å². The van der Waals surface area contributed by atoms with Crippen molar-refractivity contribution < 1.29 is 4.92 Å². The smallest absolute Gasteiger partial charge is 0.269 e. The Morgan fingerprint density at radius 3 is 2.40 bits per heavy atom. The first-order chi connectivity index (χ1) is 12.1. The number of aromatic nitrogens is 2. The van der Waals surface area contributed by atoms with E-state index in [0.717, 1.165) is 18.7 Å². The van der Waals surface area contributed by atoms with Crippen molar-refractivity contribution in [2.24, 2.45) is 0 Å². The molecule has 1 atom stereocenters. The summed E-state index contributed by atoms with van der Waals surface area (Å²) in [6.07, 6.45) is 5.53. The molecule has 6 heteroatoms. The van der Waals surface area contributed by atoms with Gasteiger partial charge in [0, 0.05) is 43.7 Å². The second kappa shape index (κ2) is 7.72. The molecule has 6 nitrogen and oxygen atoms in total. The highest BCUT2D eigenvalue weighted by molar-refractivity contribution is 5.34. The van der Waals surface area contributed by atoms with Gasteiger partial charge in [-0.15, -0.1) is 0 Å². The van der Waals surface area contributed by atoms with E-state index in [2.05, 4.69) is 41.5 Å². The second-order valence-electron chi connectivity index (χ2n) is 6.00. The van der Waals surface area contributed by atoms with Gasteiger partial charge in [-0.1, -0.05) is 36.4 Å². The molecule has 0 bridgehead atoms. The lowest BCUT2D eigenvalue weighted by Gasteiger charge is -2.14. The van der Waals surface area contributed by atoms with Gasteiger partial charge in [0.05, 0.1) is 11.3 Å². The molecule has 25 heavy (non-hydrogen) atoms. The van der Waals surface area contributed by atoms with E-state index in [0.29, 0.717) is 0 Å². The van der Waals surface area contributed by atoms with E-state index in [-0.39, 0.29) is 16.7 Å². The largest absolute Gasteiger partial charge is 0.333 e. The molecule has 0 aliphatic carbocycles. The summed E-state index contributed by atoms with van der Waals surface area (Å²) in [4.78, 5) is 14.4. The fraction of sp³-hybridized carbons (Fsp3) is 0.211. The summed E-state index contributed by atoms with van der Waals surface area (Å²) < 4.78 is 2.03. The molecule has 0 amide bonds. The Balaban J connectivity index is 1.54. The first-order valence-electron chi connectivity index (χ1n) is 8.13. The zero-order valence-electron chi connectivity index (χ0n) is 14.0. The molecule has 1 N–H and O–H groups in total. The highest BCUT2D eigenvalue weighted by Gasteiger charge is 2.08. The second-order valence-corrected chi connectivity index (χ2v) is 6.00. The van der Waals surface area contributed by atoms with Crippen molar-refractivity contribution in [3.05, 3.63) is 94.1 Å². The van der Waals surface area contributed by atoms with Crippen molar-refractivity contribution in [3.63, 3.8) is 0 Å². The zero-order chi connectivity index (χ0) is 17.6. The quantitative estimate of drug-likeness (QED) is 0.527. The summed E-state index contributed by atoms with van der Waals surface area (Å²) in [5, 5.41) is 14.1. The van der Waals surface area contributed by atoms with Gasteiger partial charge in [0.25, 0.3) is 5.69 Å². The summed E-state index contributed by atoms with van der Waals surface area (Å²) >= 11 is 0. The third kappa shape index (κ3) is 4.51. The molecule has 1 aromatic heterocycles. The van der Waals surface area contributed by atoms with E-state index in [9.17, 15) is 10.1 Å². The Morgan fingerprint density at radius 1 is 1.12 bits per heavy atom. The predicted molar refractivity (Wildman–Crippen MR) is 96.1 cm³/mol. The molecule has 0 spiro atoms. The topological polar surface area (TPSA) is 73.0 Å². The fourth-order valence-corrected chi connectivity index (χ4v) is 2.63. The van der Waals surface area contributed by atoms with E-state index < -0.39 is 0 Å². The highest BCUT2D eigenvalue weighted by Crippen LogP contribution is 2.18. The first-order valence-corrected chi connectivity index (χ1v) is 8.13. The Hall–Kier alpha value is -2.99. The standard InChI is InChI=1S/C19H20N4O2/c1-15(18-6-8-19(9-7-18)23(24)25)21-12-16-2-4-17(5-3-16)13-22-11-10-20-14-22/h2-11,14-15,21H,12-13H2,1H3/t15-/m0/s1. The van der Waals surface area contributed by atoms with Gasteiger partial charge in [0.2, 0.25) is 0 Å². The molecular weight excluding hydrogens is 316 g/mol. The minimum atomic E-state index is -0.382. The Kier molecular flexibility index (Phi) is 5.20. The minimum absolute atomic E-state index is 0.115. The summed E-state index contributed by atoms with van der Waals surface area (Å²) in [5.41, 5.74) is 3.57. The van der Waals surface area contributed by atoms with Crippen LogP contribution in [0.5, 0.6) is 0 Å². The molecule has 2 aromatic carbocycles. The average Bonchev–Trinajstić information content (AvgIpc) is 3.14. The van der Waals surface area contributed by atoms with Crippen molar-refractivity contribution in [3.8, 4) is 0 Å². The number of rotatable bonds is 7. The van der Waals surface area contributed by atoms with Crippen LogP contribution in [0.15, 0.2) is 67.3 Å². The lowest BCUT2D eigenvalue weighted by molar-refractivity contribution is -0.384. The molecule has 128 valence electrons. The average molecular weight is 336 g/mol. The molecule has 0 aliphatic rings. The highest BCUT2D eigenvalue weighted by atomic mass is 16.6. The van der Waals surface area contributed by atoms with Crippen LogP contribution in [-0.2, 0) is 13.1 Å². The van der Waals surface area contributed by atoms with E-state index in [1.807, 2.05) is 10.8 Å². The van der Waals surface area contributed by atoms with Crippen LogP contribution in [0.25, 0.3) is 0 Å². The summed E-state index contributed by atoms with van der Waals surface area (Å²) in [7, 11) is 0. The number of nitro benzene ring substituents is 1. The van der Waals surface area contributed by atoms with Gasteiger partial charge in [0.15, 0.2) is 0 Å². The first kappa shape index (κ1) is 16.9. The number of imidazole rings is 1. The maximum Gasteiger partial charge on any atom is 0.269 e. The maximum absolute atomic E-state index is 10.7. The van der Waals surface area contributed by atoms with Crippen molar-refractivity contribution in [1.29, 1.82) is 0 Å². The Morgan fingerprint density at radius 2 is 1.80 bits per heavy atom. The molecule has 0 fully saturated rings. The van der Waals surface area contributed by atoms with Crippen LogP contribution < -0.4 is 5.32 Å². The summed E-state index contributed by atoms with van der Waals surface area (Å²) in [5.74, 6) is 0. The van der Waals surface area contributed by atoms with E-state index >= 15 is 0 Å². The number of nitrogens with zero attached hydrogens (tertiary/aromatic N) is 3. The SMILES string of the molecule is C[C@H](NCc1ccc(Cn2ccnc2)cc1)c1ccc([N+](=O)[O-])cc1. The van der Waals surface area contributed by atoms with Crippen LogP contribution in [0.3, 0.4) is 0 Å². The number of nitrogens with one attached hydrogen (secondary N) is 1. The third-order valence-corrected chi connectivity index (χ3v) is 4.16. The van der Waals surface area contributed by atoms with Crippen LogP contribution in [0, 0.1) is 10.1 Å². The molecule has 3 rings (SSSR count). The van der Waals surface area contributed by atoms with Crippen molar-refractivity contribution >= 4 is 5.69 Å². The number of nitro groups is 1. The van der Waals surface area contributed by atoms with Gasteiger partial charge >= 0.3 is 0 Å². The van der Waals surface area contributed by atoms with E-state index in [1.54, 1.807) is 36.8 Å². The molecule has 0 saturated heterocycles. The van der Waals surface area contributed by atoms with Crippen molar-refractivity contribution in [1.82, 2.24) is 14.9 Å². The third-order valence-electron chi connectivity index (χ3n) is 4.16. The zero-order valence-corrected chi connectivity index (χ0v) is 14.0. The lowest BCUT2D eigenvalue weighted by atomic mass is 10.1. The van der Waals surface area contributed by atoms with Crippen molar-refractivity contribution in [2.75, 3.05) is 0 Å². The minimum Gasteiger partial charge on any atom is -0.333 e. The fourth-order valence-electron chi connectivity index (χ4n) is 2.63. The van der Waals surface area contributed by atoms with Gasteiger partial charge in [-0.2, -0.15) is 0 Å². The molecule has 1 heterocycles. The van der Waals surface area contributed by atoms with Gasteiger partial charge in [-0.05, 0) is 23.6 Å².